The van der Waals surface area contributed by atoms with Crippen LogP contribution >= 0.6 is 0 Å². The molecule has 1 atom stereocenters. The van der Waals surface area contributed by atoms with E-state index in [0.29, 0.717) is 6.42 Å². The Hall–Kier alpha value is -0.830. The molecule has 0 bridgehead atoms. The van der Waals surface area contributed by atoms with Crippen molar-refractivity contribution in [3.05, 3.63) is 12.2 Å². The smallest absolute Gasteiger partial charge is 0.320 e. The lowest BCUT2D eigenvalue weighted by atomic mass is 10.1. The van der Waals surface area contributed by atoms with Gasteiger partial charge in [-0.15, -0.1) is 0 Å². The van der Waals surface area contributed by atoms with Crippen LogP contribution in [0.3, 0.4) is 0 Å². The second-order valence-corrected chi connectivity index (χ2v) is 5.96. The summed E-state index contributed by atoms with van der Waals surface area (Å²) in [6.45, 7) is 2.25. The number of hydrogen-bond acceptors (Lipinski definition) is 2. The number of hydrogen-bond donors (Lipinski definition) is 2. The molecule has 0 heterocycles. The Labute approximate surface area is 131 Å². The van der Waals surface area contributed by atoms with Gasteiger partial charge in [-0.25, -0.2) is 0 Å². The van der Waals surface area contributed by atoms with E-state index in [9.17, 15) is 4.79 Å². The predicted molar refractivity (Wildman–Crippen MR) is 90.4 cm³/mol. The lowest BCUT2D eigenvalue weighted by molar-refractivity contribution is -0.138. The molecule has 0 spiro atoms. The Morgan fingerprint density at radius 2 is 1.38 bits per heavy atom. The minimum absolute atomic E-state index is 0.600. The van der Waals surface area contributed by atoms with Crippen LogP contribution in [0.2, 0.25) is 0 Å². The van der Waals surface area contributed by atoms with Gasteiger partial charge in [0.25, 0.3) is 0 Å². The van der Waals surface area contributed by atoms with Crippen molar-refractivity contribution in [1.82, 2.24) is 0 Å². The first-order valence-electron chi connectivity index (χ1n) is 8.81. The quantitative estimate of drug-likeness (QED) is 0.328. The third-order valence-corrected chi connectivity index (χ3v) is 3.84. The summed E-state index contributed by atoms with van der Waals surface area (Å²) < 4.78 is 0. The summed E-state index contributed by atoms with van der Waals surface area (Å²) in [4.78, 5) is 10.5. The number of carbonyl (C=O) groups is 1. The molecule has 0 saturated heterocycles. The second kappa shape index (κ2) is 15.6. The van der Waals surface area contributed by atoms with E-state index in [1.807, 2.05) is 0 Å². The molecule has 0 saturated carbocycles. The molecule has 0 aliphatic rings. The minimum atomic E-state index is -0.882. The highest BCUT2D eigenvalue weighted by molar-refractivity contribution is 5.72. The molecule has 3 heteroatoms. The molecular weight excluding hydrogens is 262 g/mol. The highest BCUT2D eigenvalue weighted by Gasteiger charge is 2.09. The number of carboxylic acid groups (broad SMARTS) is 1. The van der Waals surface area contributed by atoms with Crippen molar-refractivity contribution in [3.8, 4) is 0 Å². The second-order valence-electron chi connectivity index (χ2n) is 5.96. The fourth-order valence-electron chi connectivity index (χ4n) is 2.38. The van der Waals surface area contributed by atoms with Gasteiger partial charge in [-0.1, -0.05) is 70.4 Å². The monoisotopic (exact) mass is 297 g/mol. The molecule has 21 heavy (non-hydrogen) atoms. The van der Waals surface area contributed by atoms with Crippen molar-refractivity contribution >= 4 is 5.97 Å². The maximum Gasteiger partial charge on any atom is 0.320 e. The SMILES string of the molecule is CCCCCCCCC=CCCCCCCC(N)C(=O)O. The fraction of sp³-hybridized carbons (Fsp3) is 0.833. The first-order valence-corrected chi connectivity index (χ1v) is 8.81. The van der Waals surface area contributed by atoms with Crippen LogP contribution in [0.1, 0.15) is 90.4 Å². The predicted octanol–water partition coefficient (Wildman–Crippen LogP) is 5.05. The minimum Gasteiger partial charge on any atom is -0.480 e. The third kappa shape index (κ3) is 15.4. The van der Waals surface area contributed by atoms with Crippen LogP contribution in [0.25, 0.3) is 0 Å². The third-order valence-electron chi connectivity index (χ3n) is 3.84. The zero-order valence-corrected chi connectivity index (χ0v) is 13.9. The van der Waals surface area contributed by atoms with Crippen molar-refractivity contribution < 1.29 is 9.90 Å². The van der Waals surface area contributed by atoms with Crippen molar-refractivity contribution in [2.45, 2.75) is 96.4 Å². The van der Waals surface area contributed by atoms with Crippen LogP contribution < -0.4 is 5.73 Å². The normalized spacial score (nSPS) is 12.9. The number of unbranched alkanes of at least 4 members (excludes halogenated alkanes) is 10. The Kier molecular flexibility index (Phi) is 14.9. The summed E-state index contributed by atoms with van der Waals surface area (Å²) in [5.74, 6) is -0.882. The molecule has 124 valence electrons. The van der Waals surface area contributed by atoms with E-state index in [1.165, 1.54) is 57.8 Å². The first-order chi connectivity index (χ1) is 10.2. The van der Waals surface area contributed by atoms with E-state index in [2.05, 4.69) is 19.1 Å². The molecule has 0 fully saturated rings. The standard InChI is InChI=1S/C18H35NO2/c1-2-3-4-5-6-7-8-9-10-11-12-13-14-15-16-17(19)18(20)21/h9-10,17H,2-8,11-16,19H2,1H3,(H,20,21). The molecule has 0 aromatic carbocycles. The average Bonchev–Trinajstić information content (AvgIpc) is 2.47. The summed E-state index contributed by atoms with van der Waals surface area (Å²) in [6.07, 6.45) is 20.2. The highest BCUT2D eigenvalue weighted by atomic mass is 16.4. The first kappa shape index (κ1) is 20.2. The Morgan fingerprint density at radius 1 is 0.905 bits per heavy atom. The molecule has 0 aliphatic heterocycles. The van der Waals surface area contributed by atoms with Gasteiger partial charge in [0.1, 0.15) is 6.04 Å². The Bertz CT molecular complexity index is 264. The number of aliphatic carboxylic acids is 1. The molecule has 3 nitrogen and oxygen atoms in total. The van der Waals surface area contributed by atoms with Crippen LogP contribution in [-0.2, 0) is 4.79 Å². The average molecular weight is 297 g/mol. The van der Waals surface area contributed by atoms with Crippen LogP contribution in [0.5, 0.6) is 0 Å². The van der Waals surface area contributed by atoms with E-state index in [1.54, 1.807) is 0 Å². The van der Waals surface area contributed by atoms with Crippen molar-refractivity contribution in [3.63, 3.8) is 0 Å². The van der Waals surface area contributed by atoms with Crippen molar-refractivity contribution in [2.24, 2.45) is 5.73 Å². The van der Waals surface area contributed by atoms with Gasteiger partial charge in [-0.2, -0.15) is 0 Å². The molecule has 0 aromatic rings. The molecule has 3 N–H and O–H groups in total. The molecule has 1 unspecified atom stereocenters. The van der Waals surface area contributed by atoms with Gasteiger partial charge in [0.2, 0.25) is 0 Å². The van der Waals surface area contributed by atoms with Gasteiger partial charge in [-0.05, 0) is 32.1 Å². The maximum atomic E-state index is 10.5. The molecular formula is C18H35NO2. The van der Waals surface area contributed by atoms with Crippen LogP contribution in [0.15, 0.2) is 12.2 Å². The van der Waals surface area contributed by atoms with Crippen LogP contribution in [-0.4, -0.2) is 17.1 Å². The lowest BCUT2D eigenvalue weighted by Crippen LogP contribution is -2.29. The summed E-state index contributed by atoms with van der Waals surface area (Å²) >= 11 is 0. The molecule has 0 radical (unpaired) electrons. The largest absolute Gasteiger partial charge is 0.480 e. The maximum absolute atomic E-state index is 10.5. The number of nitrogens with two attached hydrogens (primary N) is 1. The van der Waals surface area contributed by atoms with Gasteiger partial charge >= 0.3 is 5.97 Å². The highest BCUT2D eigenvalue weighted by Crippen LogP contribution is 2.09. The van der Waals surface area contributed by atoms with Gasteiger partial charge in [0.15, 0.2) is 0 Å². The molecule has 0 amide bonds. The lowest BCUT2D eigenvalue weighted by Gasteiger charge is -2.05. The summed E-state index contributed by atoms with van der Waals surface area (Å²) in [6, 6.07) is -0.678. The van der Waals surface area contributed by atoms with E-state index >= 15 is 0 Å². The molecule has 0 rings (SSSR count). The zero-order valence-electron chi connectivity index (χ0n) is 13.9. The van der Waals surface area contributed by atoms with E-state index in [0.717, 1.165) is 19.3 Å². The van der Waals surface area contributed by atoms with E-state index in [4.69, 9.17) is 10.8 Å². The van der Waals surface area contributed by atoms with Gasteiger partial charge in [0.05, 0.1) is 0 Å². The van der Waals surface area contributed by atoms with Gasteiger partial charge < -0.3 is 10.8 Å². The Morgan fingerprint density at radius 3 is 1.90 bits per heavy atom. The van der Waals surface area contributed by atoms with Crippen LogP contribution in [0, 0.1) is 0 Å². The zero-order chi connectivity index (χ0) is 15.8. The number of rotatable bonds is 15. The topological polar surface area (TPSA) is 63.3 Å². The van der Waals surface area contributed by atoms with E-state index in [-0.39, 0.29) is 0 Å². The summed E-state index contributed by atoms with van der Waals surface area (Å²) in [7, 11) is 0. The fourth-order valence-corrected chi connectivity index (χ4v) is 2.38. The van der Waals surface area contributed by atoms with Gasteiger partial charge in [0, 0.05) is 0 Å². The molecule has 0 aliphatic carbocycles. The van der Waals surface area contributed by atoms with Crippen molar-refractivity contribution in [1.29, 1.82) is 0 Å². The molecule has 0 aromatic heterocycles. The van der Waals surface area contributed by atoms with Crippen molar-refractivity contribution in [2.75, 3.05) is 0 Å². The van der Waals surface area contributed by atoms with Crippen LogP contribution in [0.4, 0.5) is 0 Å². The summed E-state index contributed by atoms with van der Waals surface area (Å²) in [5.41, 5.74) is 5.45. The number of carboxylic acids is 1. The number of allylic oxidation sites excluding steroid dienone is 2. The van der Waals surface area contributed by atoms with E-state index < -0.39 is 12.0 Å². The Balaban J connectivity index is 3.17. The summed E-state index contributed by atoms with van der Waals surface area (Å²) in [5, 5.41) is 8.65. The van der Waals surface area contributed by atoms with Gasteiger partial charge in [-0.3, -0.25) is 4.79 Å².